The summed E-state index contributed by atoms with van der Waals surface area (Å²) >= 11 is 0. The maximum absolute atomic E-state index is 2.53. The number of fused-ring (bicyclic) bond motifs is 18. The molecule has 69 heavy (non-hydrogen) atoms. The number of hydrogen-bond donors (Lipinski definition) is 0. The van der Waals surface area contributed by atoms with Crippen molar-refractivity contribution in [2.24, 2.45) is 0 Å². The van der Waals surface area contributed by atoms with Crippen molar-refractivity contribution < 1.29 is 0 Å². The molecule has 0 fully saturated rings. The summed E-state index contributed by atoms with van der Waals surface area (Å²) < 4.78 is 2.53. The van der Waals surface area contributed by atoms with E-state index in [-0.39, 0.29) is 10.8 Å². The lowest BCUT2D eigenvalue weighted by atomic mass is 9.65. The molecule has 0 saturated carbocycles. The molecule has 2 heterocycles. The van der Waals surface area contributed by atoms with Crippen LogP contribution in [0, 0.1) is 0 Å². The molecule has 1 unspecified atom stereocenters. The molecule has 1 aliphatic heterocycles. The van der Waals surface area contributed by atoms with E-state index in [0.29, 0.717) is 0 Å². The van der Waals surface area contributed by atoms with E-state index < -0.39 is 5.41 Å². The van der Waals surface area contributed by atoms with E-state index in [0.717, 1.165) is 17.1 Å². The van der Waals surface area contributed by atoms with E-state index in [1.54, 1.807) is 0 Å². The Kier molecular flexibility index (Phi) is 7.60. The van der Waals surface area contributed by atoms with Crippen molar-refractivity contribution in [2.45, 2.75) is 43.9 Å². The minimum absolute atomic E-state index is 0.0882. The van der Waals surface area contributed by atoms with Crippen molar-refractivity contribution in [3.8, 4) is 50.2 Å². The Morgan fingerprint density at radius 1 is 0.333 bits per heavy atom. The fourth-order valence-electron chi connectivity index (χ4n) is 13.8. The van der Waals surface area contributed by atoms with Crippen LogP contribution in [0.5, 0.6) is 0 Å². The van der Waals surface area contributed by atoms with Crippen molar-refractivity contribution in [3.05, 3.63) is 263 Å². The van der Waals surface area contributed by atoms with Gasteiger partial charge in [0.1, 0.15) is 0 Å². The van der Waals surface area contributed by atoms with E-state index in [4.69, 9.17) is 0 Å². The highest BCUT2D eigenvalue weighted by Gasteiger charge is 2.51. The molecule has 10 aromatic carbocycles. The highest BCUT2D eigenvalue weighted by atomic mass is 15.1. The van der Waals surface area contributed by atoms with E-state index in [1.165, 1.54) is 117 Å². The third-order valence-corrected chi connectivity index (χ3v) is 16.8. The molecular weight excluding hydrogens is 833 g/mol. The second-order valence-electron chi connectivity index (χ2n) is 20.8. The van der Waals surface area contributed by atoms with Gasteiger partial charge in [-0.15, -0.1) is 0 Å². The van der Waals surface area contributed by atoms with E-state index in [2.05, 4.69) is 256 Å². The molecule has 1 spiro atoms. The molecule has 0 bridgehead atoms. The zero-order chi connectivity index (χ0) is 46.0. The topological polar surface area (TPSA) is 8.17 Å². The van der Waals surface area contributed by atoms with Crippen LogP contribution in [0.15, 0.2) is 218 Å². The van der Waals surface area contributed by atoms with E-state index >= 15 is 0 Å². The summed E-state index contributed by atoms with van der Waals surface area (Å²) in [6.45, 7) is 9.47. The molecule has 0 saturated heterocycles. The lowest BCUT2D eigenvalue weighted by Crippen LogP contribution is -2.33. The molecule has 0 radical (unpaired) electrons. The van der Waals surface area contributed by atoms with Gasteiger partial charge >= 0.3 is 0 Å². The average molecular weight is 881 g/mol. The molecule has 0 amide bonds. The predicted octanol–water partition coefficient (Wildman–Crippen LogP) is 17.2. The van der Waals surface area contributed by atoms with Crippen LogP contribution in [-0.4, -0.2) is 4.57 Å². The van der Waals surface area contributed by atoms with Gasteiger partial charge in [0.25, 0.3) is 0 Å². The minimum atomic E-state index is -0.501. The number of hydrogen-bond acceptors (Lipinski definition) is 1. The van der Waals surface area contributed by atoms with Gasteiger partial charge < -0.3 is 9.47 Å². The minimum Gasteiger partial charge on any atom is -0.310 e. The van der Waals surface area contributed by atoms with E-state index in [1.807, 2.05) is 0 Å². The number of rotatable bonds is 4. The lowest BCUT2D eigenvalue weighted by molar-refractivity contribution is 0.660. The molecule has 1 atom stereocenters. The van der Waals surface area contributed by atoms with Crippen molar-refractivity contribution >= 4 is 38.9 Å². The molecule has 326 valence electrons. The van der Waals surface area contributed by atoms with Crippen molar-refractivity contribution in [2.75, 3.05) is 4.90 Å². The van der Waals surface area contributed by atoms with Crippen molar-refractivity contribution in [3.63, 3.8) is 0 Å². The average Bonchev–Trinajstić information content (AvgIpc) is 4.04. The zero-order valence-electron chi connectivity index (χ0n) is 39.2. The first-order valence-corrected chi connectivity index (χ1v) is 24.5. The summed E-state index contributed by atoms with van der Waals surface area (Å²) in [5, 5.41) is 2.59. The van der Waals surface area contributed by atoms with Crippen molar-refractivity contribution in [1.82, 2.24) is 4.57 Å². The summed E-state index contributed by atoms with van der Waals surface area (Å²) in [5.74, 6) is 0. The summed E-state index contributed by atoms with van der Waals surface area (Å²) in [4.78, 5) is 2.53. The van der Waals surface area contributed by atoms with Crippen LogP contribution < -0.4 is 4.90 Å². The third kappa shape index (κ3) is 4.86. The fraction of sp³-hybridized carbons (Fsp3) is 0.104. The smallest absolute Gasteiger partial charge is 0.0754 e. The molecule has 11 aromatic rings. The van der Waals surface area contributed by atoms with Gasteiger partial charge in [0.2, 0.25) is 0 Å². The third-order valence-electron chi connectivity index (χ3n) is 16.8. The fourth-order valence-corrected chi connectivity index (χ4v) is 13.8. The van der Waals surface area contributed by atoms with Gasteiger partial charge in [-0.05, 0) is 132 Å². The first-order chi connectivity index (χ1) is 33.8. The molecule has 1 aromatic heterocycles. The number of para-hydroxylation sites is 4. The van der Waals surface area contributed by atoms with Gasteiger partial charge in [0.05, 0.1) is 27.8 Å². The quantitative estimate of drug-likeness (QED) is 0.171. The van der Waals surface area contributed by atoms with Crippen LogP contribution in [0.25, 0.3) is 72.0 Å². The maximum Gasteiger partial charge on any atom is 0.0754 e. The van der Waals surface area contributed by atoms with Gasteiger partial charge in [-0.2, -0.15) is 0 Å². The first-order valence-electron chi connectivity index (χ1n) is 24.5. The van der Waals surface area contributed by atoms with Crippen LogP contribution in [0.4, 0.5) is 17.1 Å². The largest absolute Gasteiger partial charge is 0.310 e. The Balaban J connectivity index is 0.965. The summed E-state index contributed by atoms with van der Waals surface area (Å²) in [7, 11) is 0. The first kappa shape index (κ1) is 38.9. The van der Waals surface area contributed by atoms with Crippen molar-refractivity contribution in [1.29, 1.82) is 0 Å². The highest BCUT2D eigenvalue weighted by molar-refractivity contribution is 6.13. The molecule has 0 N–H and O–H groups in total. The zero-order valence-corrected chi connectivity index (χ0v) is 39.2. The molecule has 15 rings (SSSR count). The Morgan fingerprint density at radius 2 is 0.797 bits per heavy atom. The van der Waals surface area contributed by atoms with Crippen LogP contribution in [0.3, 0.4) is 0 Å². The second kappa shape index (κ2) is 13.5. The Hall–Kier alpha value is -8.20. The number of nitrogens with zero attached hydrogens (tertiary/aromatic N) is 2. The SMILES string of the molecule is CC1(C)c2ccccc2-c2cc(N(c3ccc4c(c3)-c3ccccc3C4(C)C)c3ccccc3-c3ccc4c(c3)-c3ccccc3C43c4ccccc4-n4c5ccccc5c5cccc3c54)ccc21. The van der Waals surface area contributed by atoms with Crippen LogP contribution in [0.1, 0.15) is 72.2 Å². The number of aromatic nitrogens is 1. The Labute approximate surface area is 403 Å². The summed E-state index contributed by atoms with van der Waals surface area (Å²) in [6, 6.07) is 83.0. The second-order valence-corrected chi connectivity index (χ2v) is 20.8. The predicted molar refractivity (Wildman–Crippen MR) is 287 cm³/mol. The molecule has 3 aliphatic carbocycles. The summed E-state index contributed by atoms with van der Waals surface area (Å²) in [6.07, 6.45) is 0. The number of benzene rings is 10. The maximum atomic E-state index is 2.53. The Bertz CT molecular complexity index is 3940. The highest BCUT2D eigenvalue weighted by Crippen LogP contribution is 2.62. The van der Waals surface area contributed by atoms with E-state index in [9.17, 15) is 0 Å². The molecule has 4 aliphatic rings. The van der Waals surface area contributed by atoms with Crippen LogP contribution >= 0.6 is 0 Å². The lowest BCUT2D eigenvalue weighted by Gasteiger charge is -2.39. The van der Waals surface area contributed by atoms with Crippen LogP contribution in [0.2, 0.25) is 0 Å². The number of anilines is 3. The Morgan fingerprint density at radius 3 is 1.48 bits per heavy atom. The monoisotopic (exact) mass is 880 g/mol. The van der Waals surface area contributed by atoms with Gasteiger partial charge in [-0.3, -0.25) is 0 Å². The van der Waals surface area contributed by atoms with Crippen LogP contribution in [-0.2, 0) is 16.2 Å². The van der Waals surface area contributed by atoms with Gasteiger partial charge in [0.15, 0.2) is 0 Å². The van der Waals surface area contributed by atoms with Gasteiger partial charge in [-0.25, -0.2) is 0 Å². The molecular formula is C67H48N2. The standard InChI is InChI=1S/C67H48N2/c1-65(2)53-24-10-5-19-45(53)51-39-42(33-36-55(51)65)68(43-34-37-56-52(40-43)46-20-6-11-25-54(46)66(56,3)4)61-29-14-8-18-44(61)41-32-35-58-50(38-41)47-21-7-12-26-57(47)67(58)59-27-13-16-31-63(59)69-62-30-15-9-22-48(62)49-23-17-28-60(67)64(49)69/h5-40H,1-4H3. The van der Waals surface area contributed by atoms with Gasteiger partial charge in [0, 0.05) is 38.5 Å². The normalized spacial score (nSPS) is 16.7. The molecule has 2 nitrogen and oxygen atoms in total. The van der Waals surface area contributed by atoms with Gasteiger partial charge in [-0.1, -0.05) is 198 Å². The molecule has 2 heteroatoms. The summed E-state index contributed by atoms with van der Waals surface area (Å²) in [5.41, 5.74) is 27.6.